The number of rotatable bonds is 2. The van der Waals surface area contributed by atoms with Gasteiger partial charge in [0.1, 0.15) is 6.10 Å². The van der Waals surface area contributed by atoms with E-state index in [0.717, 1.165) is 29.8 Å². The zero-order valence-corrected chi connectivity index (χ0v) is 14.3. The molecule has 1 fully saturated rings. The maximum absolute atomic E-state index is 12.5. The number of H-pyrrole nitrogens is 1. The first-order valence-electron chi connectivity index (χ1n) is 7.67. The van der Waals surface area contributed by atoms with E-state index in [-0.39, 0.29) is 23.2 Å². The molecule has 118 valence electrons. The van der Waals surface area contributed by atoms with Gasteiger partial charge >= 0.3 is 5.97 Å². The Bertz CT molecular complexity index is 539. The molecule has 1 saturated heterocycles. The minimum absolute atomic E-state index is 0.0230. The summed E-state index contributed by atoms with van der Waals surface area (Å²) < 4.78 is 5.82. The van der Waals surface area contributed by atoms with Gasteiger partial charge in [0.05, 0.1) is 5.56 Å². The topological polar surface area (TPSA) is 54.1 Å². The Morgan fingerprint density at radius 3 is 2.00 bits per heavy atom. The number of aryl methyl sites for hydroxylation is 2. The van der Waals surface area contributed by atoms with Gasteiger partial charge in [-0.3, -0.25) is 0 Å². The Balaban J connectivity index is 2.16. The van der Waals surface area contributed by atoms with E-state index in [9.17, 15) is 4.79 Å². The summed E-state index contributed by atoms with van der Waals surface area (Å²) in [6, 6.07) is 0. The SMILES string of the molecule is Cc1[nH]c(C)c(C(=O)OC2CC(C)(C)NC(C)(C)C2)c1C. The molecule has 21 heavy (non-hydrogen) atoms. The summed E-state index contributed by atoms with van der Waals surface area (Å²) in [7, 11) is 0. The Kier molecular flexibility index (Phi) is 3.96. The van der Waals surface area contributed by atoms with Crippen LogP contribution >= 0.6 is 0 Å². The number of esters is 1. The van der Waals surface area contributed by atoms with Gasteiger partial charge in [-0.1, -0.05) is 0 Å². The average Bonchev–Trinajstić information content (AvgIpc) is 2.47. The maximum atomic E-state index is 12.5. The van der Waals surface area contributed by atoms with Crippen LogP contribution in [0, 0.1) is 20.8 Å². The first-order valence-corrected chi connectivity index (χ1v) is 7.67. The molecule has 1 aromatic rings. The molecule has 2 N–H and O–H groups in total. The molecule has 0 unspecified atom stereocenters. The molecule has 2 heterocycles. The van der Waals surface area contributed by atoms with Crippen LogP contribution in [0.25, 0.3) is 0 Å². The number of piperidine rings is 1. The Morgan fingerprint density at radius 2 is 1.57 bits per heavy atom. The summed E-state index contributed by atoms with van der Waals surface area (Å²) in [4.78, 5) is 15.7. The van der Waals surface area contributed by atoms with Crippen molar-refractivity contribution in [2.24, 2.45) is 0 Å². The molecule has 4 heteroatoms. The molecule has 0 atom stereocenters. The molecule has 1 aromatic heterocycles. The van der Waals surface area contributed by atoms with Gasteiger partial charge in [-0.15, -0.1) is 0 Å². The zero-order valence-electron chi connectivity index (χ0n) is 14.3. The van der Waals surface area contributed by atoms with Crippen molar-refractivity contribution < 1.29 is 9.53 Å². The van der Waals surface area contributed by atoms with E-state index >= 15 is 0 Å². The van der Waals surface area contributed by atoms with E-state index in [4.69, 9.17) is 4.74 Å². The summed E-state index contributed by atoms with van der Waals surface area (Å²) in [6.07, 6.45) is 1.63. The highest BCUT2D eigenvalue weighted by Gasteiger charge is 2.39. The van der Waals surface area contributed by atoms with E-state index in [1.54, 1.807) is 0 Å². The largest absolute Gasteiger partial charge is 0.459 e. The van der Waals surface area contributed by atoms with E-state index < -0.39 is 0 Å². The van der Waals surface area contributed by atoms with Gasteiger partial charge in [0.2, 0.25) is 0 Å². The molecule has 0 aliphatic carbocycles. The number of nitrogens with one attached hydrogen (secondary N) is 2. The maximum Gasteiger partial charge on any atom is 0.340 e. The lowest BCUT2D eigenvalue weighted by Gasteiger charge is -2.45. The fourth-order valence-corrected chi connectivity index (χ4v) is 3.73. The number of aromatic nitrogens is 1. The minimum atomic E-state index is -0.201. The lowest BCUT2D eigenvalue weighted by molar-refractivity contribution is -0.00647. The molecule has 0 radical (unpaired) electrons. The molecule has 0 aromatic carbocycles. The minimum Gasteiger partial charge on any atom is -0.459 e. The van der Waals surface area contributed by atoms with E-state index in [1.807, 2.05) is 20.8 Å². The number of hydrogen-bond acceptors (Lipinski definition) is 3. The summed E-state index contributed by atoms with van der Waals surface area (Å²) in [5.41, 5.74) is 3.56. The lowest BCUT2D eigenvalue weighted by atomic mass is 9.81. The number of hydrogen-bond donors (Lipinski definition) is 2. The molecule has 1 aliphatic heterocycles. The summed E-state index contributed by atoms with van der Waals surface area (Å²) in [5.74, 6) is -0.201. The Hall–Kier alpha value is -1.29. The number of carbonyl (C=O) groups excluding carboxylic acids is 1. The molecule has 0 spiro atoms. The van der Waals surface area contributed by atoms with Crippen LogP contribution in [-0.4, -0.2) is 28.1 Å². The van der Waals surface area contributed by atoms with Gasteiger partial charge < -0.3 is 15.0 Å². The first-order chi connectivity index (χ1) is 9.51. The molecule has 2 rings (SSSR count). The van der Waals surface area contributed by atoms with Crippen molar-refractivity contribution in [1.82, 2.24) is 10.3 Å². The first kappa shape index (κ1) is 16.1. The number of aromatic amines is 1. The average molecular weight is 292 g/mol. The highest BCUT2D eigenvalue weighted by Crippen LogP contribution is 2.31. The van der Waals surface area contributed by atoms with Crippen molar-refractivity contribution >= 4 is 5.97 Å². The Labute approximate surface area is 127 Å². The zero-order chi connectivity index (χ0) is 16.0. The molecule has 1 aliphatic rings. The van der Waals surface area contributed by atoms with Crippen LogP contribution in [-0.2, 0) is 4.74 Å². The fraction of sp³-hybridized carbons (Fsp3) is 0.706. The number of ether oxygens (including phenoxy) is 1. The Morgan fingerprint density at radius 1 is 1.05 bits per heavy atom. The van der Waals surface area contributed by atoms with E-state index in [0.29, 0.717) is 5.56 Å². The quantitative estimate of drug-likeness (QED) is 0.821. The number of carbonyl (C=O) groups is 1. The molecular formula is C17H28N2O2. The summed E-state index contributed by atoms with van der Waals surface area (Å²) in [6.45, 7) is 14.5. The van der Waals surface area contributed by atoms with Crippen molar-refractivity contribution in [3.63, 3.8) is 0 Å². The van der Waals surface area contributed by atoms with Gasteiger partial charge in [0, 0.05) is 35.3 Å². The second-order valence-corrected chi connectivity index (χ2v) is 7.70. The lowest BCUT2D eigenvalue weighted by Crippen LogP contribution is -2.59. The second-order valence-electron chi connectivity index (χ2n) is 7.70. The van der Waals surface area contributed by atoms with Crippen LogP contribution in [0.2, 0.25) is 0 Å². The van der Waals surface area contributed by atoms with Crippen molar-refractivity contribution in [1.29, 1.82) is 0 Å². The molecule has 0 amide bonds. The fourth-order valence-electron chi connectivity index (χ4n) is 3.73. The second kappa shape index (κ2) is 5.16. The van der Waals surface area contributed by atoms with Crippen LogP contribution in [0.3, 0.4) is 0 Å². The molecule has 0 saturated carbocycles. The van der Waals surface area contributed by atoms with Gasteiger partial charge in [0.25, 0.3) is 0 Å². The summed E-state index contributed by atoms with van der Waals surface area (Å²) >= 11 is 0. The highest BCUT2D eigenvalue weighted by molar-refractivity contribution is 5.93. The van der Waals surface area contributed by atoms with Crippen molar-refractivity contribution in [3.05, 3.63) is 22.5 Å². The smallest absolute Gasteiger partial charge is 0.340 e. The van der Waals surface area contributed by atoms with Crippen LogP contribution in [0.15, 0.2) is 0 Å². The molecule has 0 bridgehead atoms. The van der Waals surface area contributed by atoms with E-state index in [1.165, 1.54) is 0 Å². The normalized spacial score (nSPS) is 21.3. The van der Waals surface area contributed by atoms with Crippen LogP contribution in [0.1, 0.15) is 67.8 Å². The third-order valence-corrected chi connectivity index (χ3v) is 4.32. The standard InChI is InChI=1S/C17H28N2O2/c1-10-11(2)18-12(3)14(10)15(20)21-13-8-16(4,5)19-17(6,7)9-13/h13,18-19H,8-9H2,1-7H3. The third kappa shape index (κ3) is 3.49. The predicted molar refractivity (Wildman–Crippen MR) is 84.7 cm³/mol. The summed E-state index contributed by atoms with van der Waals surface area (Å²) in [5, 5.41) is 3.60. The van der Waals surface area contributed by atoms with Crippen LogP contribution in [0.5, 0.6) is 0 Å². The van der Waals surface area contributed by atoms with Crippen LogP contribution < -0.4 is 5.32 Å². The van der Waals surface area contributed by atoms with Crippen molar-refractivity contribution in [3.8, 4) is 0 Å². The predicted octanol–water partition coefficient (Wildman–Crippen LogP) is 3.41. The molecule has 4 nitrogen and oxygen atoms in total. The van der Waals surface area contributed by atoms with Crippen molar-refractivity contribution in [2.75, 3.05) is 0 Å². The van der Waals surface area contributed by atoms with Gasteiger partial charge in [-0.25, -0.2) is 4.79 Å². The van der Waals surface area contributed by atoms with E-state index in [2.05, 4.69) is 38.0 Å². The van der Waals surface area contributed by atoms with Gasteiger partial charge in [-0.05, 0) is 54.0 Å². The van der Waals surface area contributed by atoms with Crippen molar-refractivity contribution in [2.45, 2.75) is 78.5 Å². The van der Waals surface area contributed by atoms with Gasteiger partial charge in [-0.2, -0.15) is 0 Å². The van der Waals surface area contributed by atoms with Gasteiger partial charge in [0.15, 0.2) is 0 Å². The monoisotopic (exact) mass is 292 g/mol. The third-order valence-electron chi connectivity index (χ3n) is 4.32. The molecular weight excluding hydrogens is 264 g/mol. The van der Waals surface area contributed by atoms with Crippen LogP contribution in [0.4, 0.5) is 0 Å². The highest BCUT2D eigenvalue weighted by atomic mass is 16.5.